The molecule has 0 aliphatic carbocycles. The molecule has 0 saturated carbocycles. The number of rotatable bonds is 8. The first kappa shape index (κ1) is 21.8. The number of amides is 2. The fourth-order valence-electron chi connectivity index (χ4n) is 1.85. The summed E-state index contributed by atoms with van der Waals surface area (Å²) in [7, 11) is 1.07. The number of carbonyl (C=O) groups is 3. The van der Waals surface area contributed by atoms with Gasteiger partial charge in [-0.1, -0.05) is 13.8 Å². The largest absolute Gasteiger partial charge is 0.490 e. The quantitative estimate of drug-likeness (QED) is 0.295. The minimum absolute atomic E-state index is 0.00291. The van der Waals surface area contributed by atoms with Gasteiger partial charge < -0.3 is 14.2 Å². The molecule has 0 radical (unpaired) electrons. The maximum Gasteiger partial charge on any atom is 0.417 e. The Kier molecular flexibility index (Phi) is 9.57. The topological polar surface area (TPSA) is 82.1 Å². The molecule has 2 amide bonds. The molecule has 144 valence electrons. The van der Waals surface area contributed by atoms with E-state index in [9.17, 15) is 14.4 Å². The molecule has 1 unspecified atom stereocenters. The Morgan fingerprint density at radius 1 is 1.12 bits per heavy atom. The van der Waals surface area contributed by atoms with Gasteiger partial charge in [0.25, 0.3) is 0 Å². The van der Waals surface area contributed by atoms with Gasteiger partial charge in [-0.05, 0) is 37.6 Å². The number of benzene rings is 1. The van der Waals surface area contributed by atoms with E-state index in [1.54, 1.807) is 18.7 Å². The van der Waals surface area contributed by atoms with Crippen LogP contribution in [0, 0.1) is 0 Å². The van der Waals surface area contributed by atoms with E-state index in [1.165, 1.54) is 0 Å². The summed E-state index contributed by atoms with van der Waals surface area (Å²) in [6.45, 7) is 5.96. The summed E-state index contributed by atoms with van der Waals surface area (Å²) in [5.74, 6) is -1.52. The number of ether oxygens (including phenoxy) is 3. The number of imide groups is 1. The molecule has 0 saturated heterocycles. The molecule has 0 spiro atoms. The number of likely N-dealkylation sites (N-methyl/N-ethyl adjacent to an activating group) is 1. The molecule has 1 aromatic rings. The Bertz CT molecular complexity index is 604. The fraction of sp³-hybridized carbons (Fsp3) is 0.500. The zero-order valence-corrected chi connectivity index (χ0v) is 16.3. The molecule has 1 rings (SSSR count). The predicted molar refractivity (Wildman–Crippen MR) is 98.3 cm³/mol. The summed E-state index contributed by atoms with van der Waals surface area (Å²) in [5.41, 5.74) is 0. The number of hydrogen-bond acceptors (Lipinski definition) is 7. The van der Waals surface area contributed by atoms with E-state index in [4.69, 9.17) is 9.47 Å². The van der Waals surface area contributed by atoms with E-state index in [0.717, 1.165) is 18.4 Å². The molecule has 26 heavy (non-hydrogen) atoms. The van der Waals surface area contributed by atoms with Crippen LogP contribution in [-0.4, -0.2) is 55.0 Å². The van der Waals surface area contributed by atoms with E-state index in [-0.39, 0.29) is 19.8 Å². The highest BCUT2D eigenvalue weighted by Crippen LogP contribution is 2.26. The van der Waals surface area contributed by atoms with Gasteiger partial charge in [0.05, 0.1) is 7.11 Å². The third kappa shape index (κ3) is 6.95. The summed E-state index contributed by atoms with van der Waals surface area (Å²) >= 11 is 1.80. The van der Waals surface area contributed by atoms with Crippen LogP contribution in [0.4, 0.5) is 4.79 Å². The molecule has 1 aromatic carbocycles. The van der Waals surface area contributed by atoms with Crippen molar-refractivity contribution in [3.8, 4) is 5.75 Å². The van der Waals surface area contributed by atoms with Crippen molar-refractivity contribution in [2.45, 2.75) is 37.3 Å². The zero-order chi connectivity index (χ0) is 19.5. The highest BCUT2D eigenvalue weighted by atomic mass is 32.2. The van der Waals surface area contributed by atoms with Crippen molar-refractivity contribution in [3.05, 3.63) is 24.3 Å². The van der Waals surface area contributed by atoms with Crippen molar-refractivity contribution in [3.63, 3.8) is 0 Å². The summed E-state index contributed by atoms with van der Waals surface area (Å²) in [6, 6.07) is 7.66. The highest BCUT2D eigenvalue weighted by Gasteiger charge is 2.27. The Balaban J connectivity index is 2.40. The number of carbonyl (C=O) groups excluding carboxylic acids is 3. The van der Waals surface area contributed by atoms with Crippen LogP contribution in [-0.2, 0) is 19.1 Å². The van der Waals surface area contributed by atoms with E-state index in [1.807, 2.05) is 24.3 Å². The molecule has 0 aliphatic rings. The lowest BCUT2D eigenvalue weighted by molar-refractivity contribution is -0.157. The van der Waals surface area contributed by atoms with E-state index >= 15 is 0 Å². The summed E-state index contributed by atoms with van der Waals surface area (Å²) in [5, 5.41) is 0.551. The second kappa shape index (κ2) is 11.4. The number of hydrogen-bond donors (Lipinski definition) is 0. The predicted octanol–water partition coefficient (Wildman–Crippen LogP) is 3.11. The van der Waals surface area contributed by atoms with Gasteiger partial charge in [0.1, 0.15) is 19.0 Å². The first-order valence-electron chi connectivity index (χ1n) is 8.38. The Hall–Kier alpha value is -2.22. The average Bonchev–Trinajstić information content (AvgIpc) is 2.66. The molecular weight excluding hydrogens is 358 g/mol. The summed E-state index contributed by atoms with van der Waals surface area (Å²) < 4.78 is 14.8. The molecule has 0 bridgehead atoms. The molecule has 0 fully saturated rings. The maximum atomic E-state index is 11.8. The fourth-order valence-corrected chi connectivity index (χ4v) is 2.77. The number of methoxy groups -OCH3 is 1. The number of nitrogens with zero attached hydrogens (tertiary/aromatic N) is 1. The monoisotopic (exact) mass is 383 g/mol. The summed E-state index contributed by atoms with van der Waals surface area (Å²) in [6.07, 6.45) is 0.188. The van der Waals surface area contributed by atoms with Crippen molar-refractivity contribution in [1.29, 1.82) is 0 Å². The van der Waals surface area contributed by atoms with Crippen LogP contribution in [0.1, 0.15) is 27.2 Å². The number of thioether (sulfide) groups is 1. The molecular formula is C18H25NO6S. The molecule has 0 N–H and O–H groups in total. The Morgan fingerprint density at radius 2 is 1.77 bits per heavy atom. The highest BCUT2D eigenvalue weighted by molar-refractivity contribution is 7.99. The molecule has 0 heterocycles. The SMILES string of the molecule is CCC(C)Sc1ccc(OCCOC(=O)N(CC)C(=O)C(=O)OC)cc1. The molecule has 0 aliphatic heterocycles. The van der Waals surface area contributed by atoms with Gasteiger partial charge in [-0.15, -0.1) is 11.8 Å². The minimum atomic E-state index is -1.12. The Labute approximate surface area is 158 Å². The standard InChI is InChI=1S/C18H25NO6S/c1-5-13(3)26-15-9-7-14(8-10-15)24-11-12-25-18(22)19(6-2)16(20)17(21)23-4/h7-10,13H,5-6,11-12H2,1-4H3. The van der Waals surface area contributed by atoms with Crippen LogP contribution in [0.5, 0.6) is 5.75 Å². The summed E-state index contributed by atoms with van der Waals surface area (Å²) in [4.78, 5) is 36.5. The zero-order valence-electron chi connectivity index (χ0n) is 15.5. The van der Waals surface area contributed by atoms with Crippen molar-refractivity contribution >= 4 is 29.7 Å². The average molecular weight is 383 g/mol. The second-order valence-electron chi connectivity index (χ2n) is 5.31. The first-order chi connectivity index (χ1) is 12.4. The second-order valence-corrected chi connectivity index (χ2v) is 6.82. The lowest BCUT2D eigenvalue weighted by Crippen LogP contribution is -2.42. The van der Waals surface area contributed by atoms with E-state index < -0.39 is 18.0 Å². The smallest absolute Gasteiger partial charge is 0.417 e. The van der Waals surface area contributed by atoms with Gasteiger partial charge in [-0.25, -0.2) is 14.5 Å². The van der Waals surface area contributed by atoms with Gasteiger partial charge in [-0.2, -0.15) is 0 Å². The third-order valence-corrected chi connectivity index (χ3v) is 4.74. The molecule has 0 aromatic heterocycles. The van der Waals surface area contributed by atoms with Crippen molar-refractivity contribution in [2.75, 3.05) is 26.9 Å². The van der Waals surface area contributed by atoms with Gasteiger partial charge >= 0.3 is 18.0 Å². The lowest BCUT2D eigenvalue weighted by Gasteiger charge is -2.17. The van der Waals surface area contributed by atoms with Gasteiger partial charge in [0.15, 0.2) is 0 Å². The van der Waals surface area contributed by atoms with Gasteiger partial charge in [0.2, 0.25) is 0 Å². The Morgan fingerprint density at radius 3 is 2.31 bits per heavy atom. The van der Waals surface area contributed by atoms with Crippen LogP contribution in [0.15, 0.2) is 29.2 Å². The van der Waals surface area contributed by atoms with E-state index in [0.29, 0.717) is 15.9 Å². The maximum absolute atomic E-state index is 11.8. The van der Waals surface area contributed by atoms with Crippen LogP contribution in [0.25, 0.3) is 0 Å². The minimum Gasteiger partial charge on any atom is -0.490 e. The van der Waals surface area contributed by atoms with Crippen LogP contribution < -0.4 is 4.74 Å². The first-order valence-corrected chi connectivity index (χ1v) is 9.26. The lowest BCUT2D eigenvalue weighted by atomic mass is 10.3. The molecule has 8 heteroatoms. The van der Waals surface area contributed by atoms with Crippen LogP contribution in [0.3, 0.4) is 0 Å². The van der Waals surface area contributed by atoms with Crippen LogP contribution >= 0.6 is 11.8 Å². The molecule has 7 nitrogen and oxygen atoms in total. The van der Waals surface area contributed by atoms with Gasteiger partial charge in [-0.3, -0.25) is 4.79 Å². The van der Waals surface area contributed by atoms with Crippen molar-refractivity contribution in [2.24, 2.45) is 0 Å². The third-order valence-electron chi connectivity index (χ3n) is 3.46. The van der Waals surface area contributed by atoms with Crippen molar-refractivity contribution < 1.29 is 28.6 Å². The molecule has 1 atom stereocenters. The normalized spacial score (nSPS) is 11.4. The van der Waals surface area contributed by atoms with Gasteiger partial charge in [0, 0.05) is 16.7 Å². The van der Waals surface area contributed by atoms with E-state index in [2.05, 4.69) is 18.6 Å². The van der Waals surface area contributed by atoms with Crippen LogP contribution in [0.2, 0.25) is 0 Å². The number of esters is 1. The van der Waals surface area contributed by atoms with Crippen molar-refractivity contribution in [1.82, 2.24) is 4.90 Å².